The lowest BCUT2D eigenvalue weighted by Gasteiger charge is -2.03. The summed E-state index contributed by atoms with van der Waals surface area (Å²) in [7, 11) is 0. The van der Waals surface area contributed by atoms with E-state index in [1.54, 1.807) is 6.07 Å². The molecule has 0 spiro atoms. The van der Waals surface area contributed by atoms with Gasteiger partial charge in [-0.3, -0.25) is 9.78 Å². The van der Waals surface area contributed by atoms with Crippen LogP contribution in [0.25, 0.3) is 0 Å². The molecule has 0 aromatic carbocycles. The topological polar surface area (TPSA) is 94.0 Å². The molecule has 3 N–H and O–H groups in total. The fourth-order valence-electron chi connectivity index (χ4n) is 1.30. The van der Waals surface area contributed by atoms with Crippen molar-refractivity contribution in [3.63, 3.8) is 0 Å². The van der Waals surface area contributed by atoms with Crippen molar-refractivity contribution >= 4 is 11.6 Å². The molecule has 0 bridgehead atoms. The highest BCUT2D eigenvalue weighted by molar-refractivity contribution is 6.05. The Balaban J connectivity index is 2.24. The van der Waals surface area contributed by atoms with E-state index in [0.29, 0.717) is 16.8 Å². The summed E-state index contributed by atoms with van der Waals surface area (Å²) in [6, 6.07) is 1.59. The van der Waals surface area contributed by atoms with E-state index >= 15 is 0 Å². The summed E-state index contributed by atoms with van der Waals surface area (Å²) in [4.78, 5) is 15.9. The zero-order chi connectivity index (χ0) is 12.8. The molecule has 0 aliphatic heterocycles. The highest BCUT2D eigenvalue weighted by Gasteiger charge is 2.11. The van der Waals surface area contributed by atoms with Crippen molar-refractivity contribution in [3.05, 3.63) is 42.0 Å². The van der Waals surface area contributed by atoms with Gasteiger partial charge in [0.1, 0.15) is 12.0 Å². The van der Waals surface area contributed by atoms with Gasteiger partial charge in [-0.25, -0.2) is 0 Å². The minimum atomic E-state index is -0.304. The van der Waals surface area contributed by atoms with Gasteiger partial charge in [0.2, 0.25) is 0 Å². The van der Waals surface area contributed by atoms with Gasteiger partial charge in [-0.1, -0.05) is 17.0 Å². The highest BCUT2D eigenvalue weighted by atomic mass is 16.5. The molecule has 2 aromatic heterocycles. The summed E-state index contributed by atoms with van der Waals surface area (Å²) >= 11 is 0. The molecule has 0 aliphatic carbocycles. The van der Waals surface area contributed by atoms with Gasteiger partial charge in [0, 0.05) is 12.4 Å². The third kappa shape index (κ3) is 2.72. The van der Waals surface area contributed by atoms with Crippen LogP contribution < -0.4 is 11.1 Å². The van der Waals surface area contributed by atoms with Gasteiger partial charge in [-0.05, 0) is 6.07 Å². The molecule has 2 heterocycles. The van der Waals surface area contributed by atoms with Crippen LogP contribution in [-0.4, -0.2) is 22.6 Å². The second kappa shape index (κ2) is 5.61. The Morgan fingerprint density at radius 3 is 3.11 bits per heavy atom. The van der Waals surface area contributed by atoms with E-state index in [1.165, 1.54) is 24.9 Å². The summed E-state index contributed by atoms with van der Waals surface area (Å²) in [5.41, 5.74) is 6.73. The maximum Gasteiger partial charge on any atom is 0.257 e. The molecular weight excluding hydrogens is 232 g/mol. The largest absolute Gasteiger partial charge is 0.363 e. The number of nitrogens with zero attached hydrogens (tertiary/aromatic N) is 2. The number of anilines is 1. The molecule has 0 aliphatic rings. The van der Waals surface area contributed by atoms with Crippen molar-refractivity contribution in [1.82, 2.24) is 10.1 Å². The van der Waals surface area contributed by atoms with Crippen LogP contribution in [0, 0.1) is 11.8 Å². The summed E-state index contributed by atoms with van der Waals surface area (Å²) in [6.45, 7) is 0.224. The minimum Gasteiger partial charge on any atom is -0.363 e. The lowest BCUT2D eigenvalue weighted by molar-refractivity contribution is 0.102. The number of nitrogens with one attached hydrogen (secondary N) is 1. The van der Waals surface area contributed by atoms with Crippen LogP contribution in [0.4, 0.5) is 5.69 Å². The number of amides is 1. The van der Waals surface area contributed by atoms with Crippen LogP contribution in [0.3, 0.4) is 0 Å². The van der Waals surface area contributed by atoms with E-state index in [-0.39, 0.29) is 12.5 Å². The number of rotatable bonds is 2. The highest BCUT2D eigenvalue weighted by Crippen LogP contribution is 2.10. The maximum absolute atomic E-state index is 12.0. The van der Waals surface area contributed by atoms with Gasteiger partial charge in [-0.2, -0.15) is 0 Å². The van der Waals surface area contributed by atoms with E-state index in [0.717, 1.165) is 0 Å². The Bertz CT molecular complexity index is 596. The van der Waals surface area contributed by atoms with E-state index in [9.17, 15) is 4.79 Å². The SMILES string of the molecule is NCC#Cc1cnccc1C(=O)Nc1cnoc1. The maximum atomic E-state index is 12.0. The van der Waals surface area contributed by atoms with Crippen LogP contribution >= 0.6 is 0 Å². The summed E-state index contributed by atoms with van der Waals surface area (Å²) in [5.74, 6) is 5.18. The fraction of sp³-hybridized carbons (Fsp3) is 0.0833. The van der Waals surface area contributed by atoms with Crippen molar-refractivity contribution in [2.75, 3.05) is 11.9 Å². The van der Waals surface area contributed by atoms with Crippen LogP contribution in [0.15, 0.2) is 35.4 Å². The first-order valence-corrected chi connectivity index (χ1v) is 5.15. The number of aromatic nitrogens is 2. The number of hydrogen-bond donors (Lipinski definition) is 2. The first kappa shape index (κ1) is 11.8. The van der Waals surface area contributed by atoms with Crippen molar-refractivity contribution in [2.45, 2.75) is 0 Å². The van der Waals surface area contributed by atoms with Crippen LogP contribution in [0.1, 0.15) is 15.9 Å². The van der Waals surface area contributed by atoms with Gasteiger partial charge in [-0.15, -0.1) is 0 Å². The third-order valence-electron chi connectivity index (χ3n) is 2.08. The zero-order valence-electron chi connectivity index (χ0n) is 9.38. The number of hydrogen-bond acceptors (Lipinski definition) is 5. The van der Waals surface area contributed by atoms with E-state index in [2.05, 4.69) is 31.8 Å². The van der Waals surface area contributed by atoms with Gasteiger partial charge in [0.05, 0.1) is 23.9 Å². The Morgan fingerprint density at radius 2 is 2.39 bits per heavy atom. The van der Waals surface area contributed by atoms with Gasteiger partial charge < -0.3 is 15.6 Å². The molecule has 6 nitrogen and oxygen atoms in total. The molecule has 2 rings (SSSR count). The second-order valence-corrected chi connectivity index (χ2v) is 3.29. The van der Waals surface area contributed by atoms with Crippen molar-refractivity contribution < 1.29 is 9.32 Å². The standard InChI is InChI=1S/C12H10N4O2/c13-4-1-2-9-6-14-5-3-11(9)12(17)16-10-7-15-18-8-10/h3,5-8H,4,13H2,(H,16,17). The number of nitrogens with two attached hydrogens (primary N) is 1. The number of carbonyl (C=O) groups is 1. The number of pyridine rings is 1. The minimum absolute atomic E-state index is 0.224. The summed E-state index contributed by atoms with van der Waals surface area (Å²) in [5, 5.41) is 6.13. The molecule has 18 heavy (non-hydrogen) atoms. The van der Waals surface area contributed by atoms with Crippen LogP contribution in [-0.2, 0) is 0 Å². The Labute approximate surface area is 103 Å². The molecule has 0 saturated heterocycles. The van der Waals surface area contributed by atoms with Gasteiger partial charge in [0.15, 0.2) is 0 Å². The molecule has 1 amide bonds. The monoisotopic (exact) mass is 242 g/mol. The molecular formula is C12H10N4O2. The second-order valence-electron chi connectivity index (χ2n) is 3.29. The lowest BCUT2D eigenvalue weighted by atomic mass is 10.1. The number of carbonyl (C=O) groups excluding carboxylic acids is 1. The lowest BCUT2D eigenvalue weighted by Crippen LogP contribution is -2.13. The smallest absolute Gasteiger partial charge is 0.257 e. The molecule has 0 radical (unpaired) electrons. The molecule has 0 atom stereocenters. The Kier molecular flexibility index (Phi) is 3.69. The normalized spacial score (nSPS) is 9.39. The third-order valence-corrected chi connectivity index (χ3v) is 2.08. The molecule has 2 aromatic rings. The molecule has 6 heteroatoms. The Morgan fingerprint density at radius 1 is 1.50 bits per heavy atom. The quantitative estimate of drug-likeness (QED) is 0.753. The average Bonchev–Trinajstić information content (AvgIpc) is 2.89. The van der Waals surface area contributed by atoms with Crippen molar-refractivity contribution in [1.29, 1.82) is 0 Å². The van der Waals surface area contributed by atoms with Gasteiger partial charge >= 0.3 is 0 Å². The molecule has 0 saturated carbocycles. The first-order chi connectivity index (χ1) is 8.81. The van der Waals surface area contributed by atoms with Crippen LogP contribution in [0.2, 0.25) is 0 Å². The summed E-state index contributed by atoms with van der Waals surface area (Å²) in [6.07, 6.45) is 5.79. The van der Waals surface area contributed by atoms with E-state index in [4.69, 9.17) is 5.73 Å². The van der Waals surface area contributed by atoms with E-state index < -0.39 is 0 Å². The summed E-state index contributed by atoms with van der Waals surface area (Å²) < 4.78 is 4.62. The fourth-order valence-corrected chi connectivity index (χ4v) is 1.30. The molecule has 0 unspecified atom stereocenters. The molecule has 90 valence electrons. The first-order valence-electron chi connectivity index (χ1n) is 5.15. The zero-order valence-corrected chi connectivity index (χ0v) is 9.38. The Hall–Kier alpha value is -2.65. The molecule has 0 fully saturated rings. The predicted octanol–water partition coefficient (Wildman–Crippen LogP) is 0.632. The average molecular weight is 242 g/mol. The van der Waals surface area contributed by atoms with Gasteiger partial charge in [0.25, 0.3) is 5.91 Å². The predicted molar refractivity (Wildman–Crippen MR) is 64.6 cm³/mol. The van der Waals surface area contributed by atoms with Crippen molar-refractivity contribution in [3.8, 4) is 11.8 Å². The van der Waals surface area contributed by atoms with E-state index in [1.807, 2.05) is 0 Å². The van der Waals surface area contributed by atoms with Crippen molar-refractivity contribution in [2.24, 2.45) is 5.73 Å². The van der Waals surface area contributed by atoms with Crippen LogP contribution in [0.5, 0.6) is 0 Å².